The van der Waals surface area contributed by atoms with Gasteiger partial charge in [0, 0.05) is 0 Å². The molecule has 20 atom stereocenters. The van der Waals surface area contributed by atoms with E-state index in [2.05, 4.69) is 82.4 Å². The molecule has 10 saturated carbocycles. The van der Waals surface area contributed by atoms with Gasteiger partial charge in [-0.05, 0) is 287 Å². The third kappa shape index (κ3) is 9.67. The van der Waals surface area contributed by atoms with Crippen molar-refractivity contribution in [3.05, 3.63) is 24.3 Å². The second-order valence-corrected chi connectivity index (χ2v) is 33.7. The molecule has 452 valence electrons. The Bertz CT molecular complexity index is 2410. The fourth-order valence-electron chi connectivity index (χ4n) is 23.5. The number of hydrogen-bond donors (Lipinski definition) is 2. The summed E-state index contributed by atoms with van der Waals surface area (Å²) in [6.45, 7) is 43.5. The molecule has 0 aliphatic heterocycles. The van der Waals surface area contributed by atoms with Crippen LogP contribution in [0.4, 0.5) is 0 Å². The van der Waals surface area contributed by atoms with Gasteiger partial charge >= 0.3 is 23.9 Å². The Balaban J connectivity index is 0.000000209. The SMILES string of the molecule is C=C(C)[C@@H]1CC[C@]2(C(=O)O)CCC3[C@H](CC[C@@H]4[C@@]5(C)CC[C@H](O)C(C)(C)[C@@H]5CC[C@@]34C)[C@@H]12.C=C(C)[C@@H]1CC[C@]2(C(=O)OCOC(=O)C(C)(C)C)CCC3[C@H](CC[C@@H]4[C@@]5(C)CC[C@H](OCOC(=O)C(C)(C)C)C(C)(C)[C@@H]5CC[C@@]34C)[C@@H]12. The number of hydrogen-bond acceptors (Lipinski definition) is 9. The number of allylic oxidation sites excluding steroid dienone is 2. The van der Waals surface area contributed by atoms with Crippen LogP contribution < -0.4 is 0 Å². The molecule has 0 aromatic rings. The summed E-state index contributed by atoms with van der Waals surface area (Å²) in [6.07, 6.45) is 21.2. The number of carbonyl (C=O) groups is 4. The highest BCUT2D eigenvalue weighted by Gasteiger charge is 2.71. The number of carboxylic acid groups (broad SMARTS) is 1. The Morgan fingerprint density at radius 2 is 0.887 bits per heavy atom. The molecule has 0 aromatic carbocycles. The Morgan fingerprint density at radius 3 is 1.36 bits per heavy atom. The Labute approximate surface area is 484 Å². The minimum atomic E-state index is -0.643. The fraction of sp³-hybridized carbons (Fsp3) is 0.886. The lowest BCUT2D eigenvalue weighted by Gasteiger charge is -2.69. The lowest BCUT2D eigenvalue weighted by Crippen LogP contribution is -2.64. The standard InChI is InChI=1S/C41H66O7.C29H46O3/c1-25(2)26-15-21-41(35(44)48-24-47-34(43)37(6,7)8)22-16-28-27(32(26)41)13-14-30-39(28,11)19-17-29-38(9,10)31(18-20-40(29,30)12)45-23-46-33(42)36(3,4)5;1-17(2)18-9-15-29(25(31)32)16-10-20-19(24(18)29)7-8-22-27(20,5)13-11-21-26(3,4)23(30)12-14-28(21,22)6/h26-32H,1,13-24H2,2-12H3;18-24,30H,1,7-16H2,2-6H3,(H,31,32)/t26-,27-,28?,29-,30-,31-,32+,39-,40-,41-;18-,19-,20?,21-,22-,23-,24+,27-,28-,29-/m00/s1. The average Bonchev–Trinajstić information content (AvgIpc) is 3.04. The second kappa shape index (κ2) is 21.1. The zero-order valence-electron chi connectivity index (χ0n) is 53.2. The van der Waals surface area contributed by atoms with Gasteiger partial charge in [-0.1, -0.05) is 79.7 Å². The number of ether oxygens (including phenoxy) is 4. The lowest BCUT2D eigenvalue weighted by molar-refractivity contribution is -0.235. The molecule has 0 heterocycles. The van der Waals surface area contributed by atoms with Crippen molar-refractivity contribution in [2.45, 2.75) is 251 Å². The zero-order chi connectivity index (χ0) is 58.9. The van der Waals surface area contributed by atoms with Gasteiger partial charge in [-0.2, -0.15) is 0 Å². The number of rotatable bonds is 9. The van der Waals surface area contributed by atoms with E-state index in [0.717, 1.165) is 83.5 Å². The van der Waals surface area contributed by atoms with Gasteiger partial charge in [0.05, 0.1) is 33.9 Å². The predicted octanol–water partition coefficient (Wildman–Crippen LogP) is 16.0. The highest BCUT2D eigenvalue weighted by atomic mass is 16.7. The summed E-state index contributed by atoms with van der Waals surface area (Å²) in [5.41, 5.74) is 1.15. The molecule has 10 heteroatoms. The van der Waals surface area contributed by atoms with Crippen molar-refractivity contribution in [3.63, 3.8) is 0 Å². The quantitative estimate of drug-likeness (QED) is 0.130. The first-order chi connectivity index (χ1) is 37.0. The number of aliphatic hydroxyl groups excluding tert-OH is 1. The maximum atomic E-state index is 14.1. The van der Waals surface area contributed by atoms with Gasteiger partial charge in [-0.15, -0.1) is 0 Å². The molecule has 80 heavy (non-hydrogen) atoms. The van der Waals surface area contributed by atoms with Gasteiger partial charge in [-0.25, -0.2) is 0 Å². The lowest BCUT2D eigenvalue weighted by atomic mass is 9.36. The van der Waals surface area contributed by atoms with E-state index in [9.17, 15) is 29.4 Å². The summed E-state index contributed by atoms with van der Waals surface area (Å²) in [5, 5.41) is 21.2. The average molecular weight is 1110 g/mol. The van der Waals surface area contributed by atoms with Crippen molar-refractivity contribution in [3.8, 4) is 0 Å². The molecule has 10 aliphatic rings. The molecule has 0 saturated heterocycles. The smallest absolute Gasteiger partial charge is 0.315 e. The molecule has 0 aromatic heterocycles. The largest absolute Gasteiger partial charge is 0.481 e. The van der Waals surface area contributed by atoms with Crippen molar-refractivity contribution >= 4 is 23.9 Å². The monoisotopic (exact) mass is 1110 g/mol. The van der Waals surface area contributed by atoms with E-state index in [-0.39, 0.29) is 77.2 Å². The van der Waals surface area contributed by atoms with Crippen LogP contribution in [0.3, 0.4) is 0 Å². The molecular weight excluding hydrogens is 1000 g/mol. The number of esters is 3. The number of carboxylic acids is 1. The highest BCUT2D eigenvalue weighted by Crippen LogP contribution is 2.76. The van der Waals surface area contributed by atoms with Gasteiger partial charge in [0.1, 0.15) is 0 Å². The summed E-state index contributed by atoms with van der Waals surface area (Å²) < 4.78 is 23.1. The summed E-state index contributed by atoms with van der Waals surface area (Å²) in [5.74, 6) is 4.54. The first kappa shape index (κ1) is 61.8. The van der Waals surface area contributed by atoms with Crippen LogP contribution >= 0.6 is 0 Å². The first-order valence-corrected chi connectivity index (χ1v) is 32.4. The molecule has 10 aliphatic carbocycles. The minimum absolute atomic E-state index is 0.00724. The van der Waals surface area contributed by atoms with Crippen LogP contribution in [0.1, 0.15) is 239 Å². The molecular formula is C70H112O10. The van der Waals surface area contributed by atoms with Crippen LogP contribution in [-0.4, -0.2) is 59.9 Å². The van der Waals surface area contributed by atoms with Crippen molar-refractivity contribution in [1.82, 2.24) is 0 Å². The summed E-state index contributed by atoms with van der Waals surface area (Å²) in [6, 6.07) is 0. The first-order valence-electron chi connectivity index (χ1n) is 32.4. The number of aliphatic carboxylic acids is 1. The molecule has 10 rings (SSSR count). The summed E-state index contributed by atoms with van der Waals surface area (Å²) >= 11 is 0. The van der Waals surface area contributed by atoms with E-state index in [4.69, 9.17) is 18.9 Å². The maximum absolute atomic E-state index is 14.1. The molecule has 10 nitrogen and oxygen atoms in total. The second-order valence-electron chi connectivity index (χ2n) is 33.7. The van der Waals surface area contributed by atoms with E-state index in [0.29, 0.717) is 70.0 Å². The van der Waals surface area contributed by atoms with Crippen LogP contribution in [0.2, 0.25) is 0 Å². The zero-order valence-corrected chi connectivity index (χ0v) is 53.2. The number of fused-ring (bicyclic) bond motifs is 14. The molecule has 0 spiro atoms. The molecule has 10 fully saturated rings. The summed E-state index contributed by atoms with van der Waals surface area (Å²) in [4.78, 5) is 51.5. The van der Waals surface area contributed by atoms with E-state index < -0.39 is 27.6 Å². The molecule has 0 radical (unpaired) electrons. The van der Waals surface area contributed by atoms with Crippen molar-refractivity contribution in [1.29, 1.82) is 0 Å². The number of carbonyl (C=O) groups excluding carboxylic acids is 3. The van der Waals surface area contributed by atoms with Crippen LogP contribution in [0.15, 0.2) is 24.3 Å². The third-order valence-corrected chi connectivity index (χ3v) is 27.2. The van der Waals surface area contributed by atoms with Gasteiger partial charge in [0.25, 0.3) is 0 Å². The Morgan fingerprint density at radius 1 is 0.475 bits per heavy atom. The maximum Gasteiger partial charge on any atom is 0.315 e. The highest BCUT2D eigenvalue weighted by molar-refractivity contribution is 5.79. The van der Waals surface area contributed by atoms with Crippen molar-refractivity contribution in [2.75, 3.05) is 13.6 Å². The molecule has 2 N–H and O–H groups in total. The van der Waals surface area contributed by atoms with E-state index in [1.807, 2.05) is 20.8 Å². The van der Waals surface area contributed by atoms with Gasteiger partial charge < -0.3 is 29.2 Å². The van der Waals surface area contributed by atoms with Crippen LogP contribution in [0, 0.1) is 125 Å². The Kier molecular flexibility index (Phi) is 16.3. The number of aliphatic hydroxyl groups is 1. The van der Waals surface area contributed by atoms with E-state index >= 15 is 0 Å². The van der Waals surface area contributed by atoms with Gasteiger partial charge in [-0.3, -0.25) is 19.2 Å². The van der Waals surface area contributed by atoms with E-state index in [1.165, 1.54) is 56.1 Å². The summed E-state index contributed by atoms with van der Waals surface area (Å²) in [7, 11) is 0. The van der Waals surface area contributed by atoms with Gasteiger partial charge in [0.2, 0.25) is 6.79 Å². The van der Waals surface area contributed by atoms with Crippen LogP contribution in [0.5, 0.6) is 0 Å². The van der Waals surface area contributed by atoms with Crippen LogP contribution in [-0.2, 0) is 38.1 Å². The predicted molar refractivity (Wildman–Crippen MR) is 314 cm³/mol. The molecule has 0 amide bonds. The van der Waals surface area contributed by atoms with Gasteiger partial charge in [0.15, 0.2) is 6.79 Å². The Hall–Kier alpha value is -2.72. The van der Waals surface area contributed by atoms with Crippen LogP contribution in [0.25, 0.3) is 0 Å². The fourth-order valence-corrected chi connectivity index (χ4v) is 23.5. The van der Waals surface area contributed by atoms with E-state index in [1.54, 1.807) is 20.8 Å². The molecule has 0 bridgehead atoms. The minimum Gasteiger partial charge on any atom is -0.481 e. The van der Waals surface area contributed by atoms with Crippen molar-refractivity contribution in [2.24, 2.45) is 125 Å². The normalized spacial score (nSPS) is 45.8. The third-order valence-electron chi connectivity index (χ3n) is 27.2. The molecule has 2 unspecified atom stereocenters. The van der Waals surface area contributed by atoms with Crippen molar-refractivity contribution < 1.29 is 48.3 Å². The topological polar surface area (TPSA) is 146 Å².